The van der Waals surface area contributed by atoms with Crippen molar-refractivity contribution in [2.75, 3.05) is 45.9 Å². The van der Waals surface area contributed by atoms with Crippen molar-refractivity contribution in [3.63, 3.8) is 0 Å². The summed E-state index contributed by atoms with van der Waals surface area (Å²) in [6.45, 7) is 18.2. The second kappa shape index (κ2) is 10.6. The predicted molar refractivity (Wildman–Crippen MR) is 115 cm³/mol. The summed E-state index contributed by atoms with van der Waals surface area (Å²) in [5.41, 5.74) is 0. The Morgan fingerprint density at radius 3 is 1.63 bits per heavy atom. The summed E-state index contributed by atoms with van der Waals surface area (Å²) in [7, 11) is 0. The molecular weight excluding hydrogens is 332 g/mol. The zero-order chi connectivity index (χ0) is 19.2. The Bertz CT molecular complexity index is 401. The van der Waals surface area contributed by atoms with Gasteiger partial charge in [-0.2, -0.15) is 0 Å². The molecule has 0 N–H and O–H groups in total. The van der Waals surface area contributed by atoms with Crippen molar-refractivity contribution in [2.24, 2.45) is 29.6 Å². The zero-order valence-corrected chi connectivity index (χ0v) is 18.7. The number of rotatable bonds is 5. The topological polar surface area (TPSA) is 15.7 Å². The number of hydrogen-bond donors (Lipinski definition) is 0. The molecule has 27 heavy (non-hydrogen) atoms. The molecule has 0 atom stereocenters. The van der Waals surface area contributed by atoms with Crippen LogP contribution in [0.2, 0.25) is 0 Å². The predicted octanol–water partition coefficient (Wildman–Crippen LogP) is 4.91. The Balaban J connectivity index is 0.000000156. The minimum atomic E-state index is 0.758. The summed E-state index contributed by atoms with van der Waals surface area (Å²) in [5, 5.41) is 0. The van der Waals surface area contributed by atoms with Crippen LogP contribution >= 0.6 is 0 Å². The van der Waals surface area contributed by atoms with Gasteiger partial charge < -0.3 is 9.64 Å². The van der Waals surface area contributed by atoms with Gasteiger partial charge in [-0.15, -0.1) is 0 Å². The standard InChI is InChI=1S/C13H25N.C11H21NO/c1-11(2)13-6-8-14(9-7-13)10-12-4-3-5-12;1-9(2)10-3-5-12(6-4-10)11-7-13-8-11/h11-13H,3-10H2,1-2H3;9-11H,3-8H2,1-2H3. The van der Waals surface area contributed by atoms with E-state index in [-0.39, 0.29) is 0 Å². The molecule has 4 rings (SSSR count). The van der Waals surface area contributed by atoms with Crippen LogP contribution in [-0.2, 0) is 4.74 Å². The Morgan fingerprint density at radius 2 is 1.26 bits per heavy atom. The Morgan fingerprint density at radius 1 is 0.741 bits per heavy atom. The smallest absolute Gasteiger partial charge is 0.0645 e. The van der Waals surface area contributed by atoms with E-state index in [0.29, 0.717) is 0 Å². The van der Waals surface area contributed by atoms with Gasteiger partial charge in [0.1, 0.15) is 0 Å². The van der Waals surface area contributed by atoms with Gasteiger partial charge in [0.05, 0.1) is 19.3 Å². The van der Waals surface area contributed by atoms with Crippen molar-refractivity contribution in [2.45, 2.75) is 78.7 Å². The summed E-state index contributed by atoms with van der Waals surface area (Å²) in [6, 6.07) is 0.758. The van der Waals surface area contributed by atoms with E-state index in [1.165, 1.54) is 77.7 Å². The monoisotopic (exact) mass is 378 g/mol. The molecule has 3 aliphatic heterocycles. The van der Waals surface area contributed by atoms with Crippen LogP contribution in [0.25, 0.3) is 0 Å². The molecule has 3 saturated heterocycles. The SMILES string of the molecule is CC(C)C1CCN(C2COC2)CC1.CC(C)C1CCN(CC2CCC2)CC1. The first kappa shape index (κ1) is 21.6. The van der Waals surface area contributed by atoms with Crippen LogP contribution < -0.4 is 0 Å². The van der Waals surface area contributed by atoms with E-state index in [2.05, 4.69) is 37.5 Å². The van der Waals surface area contributed by atoms with E-state index >= 15 is 0 Å². The molecule has 1 saturated carbocycles. The highest BCUT2D eigenvalue weighted by atomic mass is 16.5. The molecule has 1 aliphatic carbocycles. The van der Waals surface area contributed by atoms with Crippen LogP contribution in [-0.4, -0.2) is 61.8 Å². The van der Waals surface area contributed by atoms with Crippen molar-refractivity contribution >= 4 is 0 Å². The van der Waals surface area contributed by atoms with Crippen molar-refractivity contribution in [3.05, 3.63) is 0 Å². The highest BCUT2D eigenvalue weighted by Crippen LogP contribution is 2.30. The lowest BCUT2D eigenvalue weighted by Crippen LogP contribution is -2.52. The van der Waals surface area contributed by atoms with E-state index in [1.54, 1.807) is 0 Å². The maximum atomic E-state index is 5.22. The second-order valence-electron chi connectivity index (χ2n) is 10.5. The van der Waals surface area contributed by atoms with Gasteiger partial charge in [0.25, 0.3) is 0 Å². The molecule has 0 unspecified atom stereocenters. The van der Waals surface area contributed by atoms with Crippen LogP contribution in [0.4, 0.5) is 0 Å². The second-order valence-corrected chi connectivity index (χ2v) is 10.5. The number of likely N-dealkylation sites (tertiary alicyclic amines) is 2. The van der Waals surface area contributed by atoms with Gasteiger partial charge in [-0.05, 0) is 94.3 Å². The maximum absolute atomic E-state index is 5.22. The lowest BCUT2D eigenvalue weighted by Gasteiger charge is -2.42. The summed E-state index contributed by atoms with van der Waals surface area (Å²) < 4.78 is 5.22. The molecule has 0 spiro atoms. The van der Waals surface area contributed by atoms with Crippen LogP contribution in [0.5, 0.6) is 0 Å². The molecule has 0 aromatic carbocycles. The van der Waals surface area contributed by atoms with Crippen molar-refractivity contribution in [3.8, 4) is 0 Å². The van der Waals surface area contributed by atoms with Crippen LogP contribution in [0, 0.1) is 29.6 Å². The van der Waals surface area contributed by atoms with E-state index < -0.39 is 0 Å². The molecule has 3 nitrogen and oxygen atoms in total. The number of piperidine rings is 2. The van der Waals surface area contributed by atoms with Crippen molar-refractivity contribution < 1.29 is 4.74 Å². The molecule has 4 fully saturated rings. The van der Waals surface area contributed by atoms with Gasteiger partial charge in [-0.1, -0.05) is 34.1 Å². The molecule has 158 valence electrons. The minimum Gasteiger partial charge on any atom is -0.378 e. The van der Waals surface area contributed by atoms with Crippen LogP contribution in [0.3, 0.4) is 0 Å². The minimum absolute atomic E-state index is 0.758. The van der Waals surface area contributed by atoms with Gasteiger partial charge >= 0.3 is 0 Å². The normalized spacial score (nSPS) is 27.3. The highest BCUT2D eigenvalue weighted by molar-refractivity contribution is 4.83. The van der Waals surface area contributed by atoms with Gasteiger partial charge in [0.2, 0.25) is 0 Å². The highest BCUT2D eigenvalue weighted by Gasteiger charge is 2.30. The fraction of sp³-hybridized carbons (Fsp3) is 1.00. The average molecular weight is 379 g/mol. The molecule has 3 heterocycles. The number of nitrogens with zero attached hydrogens (tertiary/aromatic N) is 2. The Hall–Kier alpha value is -0.120. The van der Waals surface area contributed by atoms with Crippen molar-refractivity contribution in [1.82, 2.24) is 9.80 Å². The van der Waals surface area contributed by atoms with E-state index in [1.807, 2.05) is 0 Å². The van der Waals surface area contributed by atoms with Gasteiger partial charge in [0.15, 0.2) is 0 Å². The zero-order valence-electron chi connectivity index (χ0n) is 18.7. The maximum Gasteiger partial charge on any atom is 0.0645 e. The summed E-state index contributed by atoms with van der Waals surface area (Å²) in [6.07, 6.45) is 10.2. The largest absolute Gasteiger partial charge is 0.378 e. The van der Waals surface area contributed by atoms with Gasteiger partial charge in [0, 0.05) is 6.54 Å². The first-order valence-corrected chi connectivity index (χ1v) is 12.1. The van der Waals surface area contributed by atoms with Crippen LogP contribution in [0.15, 0.2) is 0 Å². The lowest BCUT2D eigenvalue weighted by atomic mass is 9.83. The van der Waals surface area contributed by atoms with E-state index in [0.717, 1.165) is 48.8 Å². The molecular formula is C24H46N2O. The Kier molecular flexibility index (Phi) is 8.47. The Labute approximate surface area is 169 Å². The molecule has 0 amide bonds. The van der Waals surface area contributed by atoms with Gasteiger partial charge in [-0.25, -0.2) is 0 Å². The molecule has 3 heteroatoms. The first-order chi connectivity index (χ1) is 13.0. The third kappa shape index (κ3) is 6.44. The first-order valence-electron chi connectivity index (χ1n) is 12.1. The summed E-state index contributed by atoms with van der Waals surface area (Å²) in [4.78, 5) is 5.32. The van der Waals surface area contributed by atoms with Crippen LogP contribution in [0.1, 0.15) is 72.6 Å². The average Bonchev–Trinajstić information content (AvgIpc) is 2.58. The van der Waals surface area contributed by atoms with E-state index in [4.69, 9.17) is 4.74 Å². The quantitative estimate of drug-likeness (QED) is 0.676. The number of hydrogen-bond acceptors (Lipinski definition) is 3. The molecule has 4 aliphatic rings. The fourth-order valence-corrected chi connectivity index (χ4v) is 5.23. The fourth-order valence-electron chi connectivity index (χ4n) is 5.23. The summed E-state index contributed by atoms with van der Waals surface area (Å²) >= 11 is 0. The lowest BCUT2D eigenvalue weighted by molar-refractivity contribution is -0.0753. The van der Waals surface area contributed by atoms with E-state index in [9.17, 15) is 0 Å². The third-order valence-electron chi connectivity index (χ3n) is 7.97. The molecule has 0 bridgehead atoms. The molecule has 0 radical (unpaired) electrons. The van der Waals surface area contributed by atoms with Crippen molar-refractivity contribution in [1.29, 1.82) is 0 Å². The third-order valence-corrected chi connectivity index (χ3v) is 7.97. The molecule has 0 aromatic rings. The molecule has 0 aromatic heterocycles. The number of ether oxygens (including phenoxy) is 1. The summed E-state index contributed by atoms with van der Waals surface area (Å²) in [5.74, 6) is 4.82. The van der Waals surface area contributed by atoms with Gasteiger partial charge in [-0.3, -0.25) is 4.90 Å².